The summed E-state index contributed by atoms with van der Waals surface area (Å²) in [4.78, 5) is 4.73. The molecule has 0 radical (unpaired) electrons. The van der Waals surface area contributed by atoms with E-state index in [1.54, 1.807) is 0 Å². The molecule has 2 heteroatoms. The maximum Gasteiger partial charge on any atom is 0.0461 e. The quantitative estimate of drug-likeness (QED) is 0.203. The van der Waals surface area contributed by atoms with Gasteiger partial charge < -0.3 is 9.80 Å². The Hall–Kier alpha value is -5.08. The van der Waals surface area contributed by atoms with E-state index in [9.17, 15) is 0 Å². The van der Waals surface area contributed by atoms with Gasteiger partial charge in [0.2, 0.25) is 0 Å². The van der Waals surface area contributed by atoms with E-state index in [2.05, 4.69) is 175 Å². The number of anilines is 3. The molecule has 4 aromatic rings. The molecule has 0 aliphatic heterocycles. The summed E-state index contributed by atoms with van der Waals surface area (Å²) >= 11 is 0. The zero-order valence-corrected chi connectivity index (χ0v) is 24.5. The first-order valence-corrected chi connectivity index (χ1v) is 14.5. The van der Waals surface area contributed by atoms with Crippen LogP contribution in [0.25, 0.3) is 11.4 Å². The number of fused-ring (bicyclic) bond motifs is 1. The molecule has 0 saturated carbocycles. The third-order valence-electron chi connectivity index (χ3n) is 7.15. The molecule has 5 rings (SSSR count). The average Bonchev–Trinajstić information content (AvgIpc) is 3.01. The normalized spacial score (nSPS) is 17.5. The van der Waals surface area contributed by atoms with Gasteiger partial charge in [-0.25, -0.2) is 0 Å². The zero-order valence-electron chi connectivity index (χ0n) is 24.5. The fourth-order valence-electron chi connectivity index (χ4n) is 5.24. The lowest BCUT2D eigenvalue weighted by Crippen LogP contribution is -2.37. The van der Waals surface area contributed by atoms with Gasteiger partial charge in [-0.05, 0) is 61.9 Å². The standard InChI is InChI=1S/C40H38N2/c1-32(2)19-16-17-30-41(34-21-8-6-9-22-34)39-28-12-4-5-13-29-40(38-27-15-14-26-37(38)39)42(35-23-10-7-11-24-35)36-25-18-20-33(3)31-36/h4-27,30-31H,1,28-29H2,2-3H3/b12-4-,13-5-,19-16-,30-17+,39-37+,40-38+. The van der Waals surface area contributed by atoms with Crippen LogP contribution >= 0.6 is 0 Å². The van der Waals surface area contributed by atoms with Crippen LogP contribution in [-0.4, -0.2) is 0 Å². The van der Waals surface area contributed by atoms with Crippen molar-refractivity contribution in [3.8, 4) is 0 Å². The summed E-state index contributed by atoms with van der Waals surface area (Å²) in [5.74, 6) is 0. The van der Waals surface area contributed by atoms with Crippen molar-refractivity contribution in [1.29, 1.82) is 0 Å². The molecule has 0 atom stereocenters. The minimum absolute atomic E-state index is 0.772. The fourth-order valence-corrected chi connectivity index (χ4v) is 5.24. The van der Waals surface area contributed by atoms with Crippen molar-refractivity contribution in [3.05, 3.63) is 186 Å². The molecule has 0 bridgehead atoms. The van der Waals surface area contributed by atoms with Crippen LogP contribution in [0.2, 0.25) is 0 Å². The predicted octanol–water partition coefficient (Wildman–Crippen LogP) is 9.11. The Morgan fingerprint density at radius 2 is 1.21 bits per heavy atom. The van der Waals surface area contributed by atoms with Gasteiger partial charge in [0.05, 0.1) is 0 Å². The highest BCUT2D eigenvalue weighted by Gasteiger charge is 2.17. The minimum atomic E-state index is 0.772. The van der Waals surface area contributed by atoms with Gasteiger partial charge in [0.25, 0.3) is 0 Å². The number of rotatable bonds is 8. The van der Waals surface area contributed by atoms with Crippen molar-refractivity contribution in [1.82, 2.24) is 0 Å². The molecule has 0 saturated heterocycles. The molecule has 2 nitrogen and oxygen atoms in total. The number of allylic oxidation sites excluding steroid dienone is 6. The fraction of sp³-hybridized carbons (Fsp3) is 0.100. The second kappa shape index (κ2) is 14.0. The van der Waals surface area contributed by atoms with Crippen molar-refractivity contribution in [2.75, 3.05) is 9.80 Å². The molecular weight excluding hydrogens is 508 g/mol. The zero-order chi connectivity index (χ0) is 29.1. The highest BCUT2D eigenvalue weighted by Crippen LogP contribution is 2.32. The largest absolute Gasteiger partial charge is 0.320 e. The van der Waals surface area contributed by atoms with Crippen LogP contribution in [-0.2, 0) is 0 Å². The van der Waals surface area contributed by atoms with E-state index >= 15 is 0 Å². The summed E-state index contributed by atoms with van der Waals surface area (Å²) < 4.78 is 0. The van der Waals surface area contributed by atoms with E-state index in [-0.39, 0.29) is 0 Å². The van der Waals surface area contributed by atoms with Crippen molar-refractivity contribution < 1.29 is 0 Å². The van der Waals surface area contributed by atoms with Gasteiger partial charge in [-0.2, -0.15) is 0 Å². The van der Waals surface area contributed by atoms with Gasteiger partial charge in [0.15, 0.2) is 0 Å². The summed E-state index contributed by atoms with van der Waals surface area (Å²) in [5.41, 5.74) is 8.09. The van der Waals surface area contributed by atoms with Crippen molar-refractivity contribution in [3.63, 3.8) is 0 Å². The summed E-state index contributed by atoms with van der Waals surface area (Å²) in [6, 6.07) is 38.9. The summed E-state index contributed by atoms with van der Waals surface area (Å²) in [5, 5.41) is 2.42. The lowest BCUT2D eigenvalue weighted by atomic mass is 10.0. The third kappa shape index (κ3) is 6.97. The third-order valence-corrected chi connectivity index (χ3v) is 7.15. The Morgan fingerprint density at radius 1 is 0.643 bits per heavy atom. The van der Waals surface area contributed by atoms with Crippen LogP contribution < -0.4 is 20.2 Å². The van der Waals surface area contributed by atoms with E-state index in [0.29, 0.717) is 0 Å². The van der Waals surface area contributed by atoms with E-state index in [0.717, 1.165) is 35.5 Å². The summed E-state index contributed by atoms with van der Waals surface area (Å²) in [6.07, 6.45) is 18.7. The van der Waals surface area contributed by atoms with E-state index in [1.165, 1.54) is 27.4 Å². The van der Waals surface area contributed by atoms with Crippen molar-refractivity contribution in [2.45, 2.75) is 26.7 Å². The molecule has 0 unspecified atom stereocenters. The SMILES string of the molecule is C=C(C)/C=C\C=C\N(/C1=c2\cccc\c2=C(/N(c2ccccc2)c2cccc(C)c2)C/C=C\C=C/C1)c1ccccc1. The van der Waals surface area contributed by atoms with Gasteiger partial charge >= 0.3 is 0 Å². The molecule has 0 spiro atoms. The van der Waals surface area contributed by atoms with Crippen molar-refractivity contribution in [2.24, 2.45) is 0 Å². The monoisotopic (exact) mass is 546 g/mol. The van der Waals surface area contributed by atoms with E-state index < -0.39 is 0 Å². The number of benzene rings is 4. The van der Waals surface area contributed by atoms with Gasteiger partial charge in [0, 0.05) is 57.9 Å². The second-order valence-corrected chi connectivity index (χ2v) is 10.5. The first-order valence-electron chi connectivity index (χ1n) is 14.5. The molecule has 0 heterocycles. The Bertz CT molecular complexity index is 1760. The lowest BCUT2D eigenvalue weighted by Gasteiger charge is -2.29. The Labute approximate surface area is 250 Å². The van der Waals surface area contributed by atoms with E-state index in [4.69, 9.17) is 0 Å². The molecule has 42 heavy (non-hydrogen) atoms. The van der Waals surface area contributed by atoms with Crippen molar-refractivity contribution >= 4 is 28.5 Å². The molecular formula is C40H38N2. The van der Waals surface area contributed by atoms with Gasteiger partial charge in [-0.1, -0.05) is 121 Å². The number of hydrogen-bond donors (Lipinski definition) is 0. The minimum Gasteiger partial charge on any atom is -0.320 e. The number of para-hydroxylation sites is 2. The van der Waals surface area contributed by atoms with Crippen LogP contribution in [0.3, 0.4) is 0 Å². The Kier molecular flexibility index (Phi) is 9.49. The lowest BCUT2D eigenvalue weighted by molar-refractivity contribution is 1.15. The summed E-state index contributed by atoms with van der Waals surface area (Å²) in [6.45, 7) is 8.17. The maximum atomic E-state index is 4.01. The first kappa shape index (κ1) is 28.4. The Balaban J connectivity index is 1.85. The topological polar surface area (TPSA) is 6.48 Å². The van der Waals surface area contributed by atoms with Crippen LogP contribution in [0.15, 0.2) is 170 Å². The van der Waals surface area contributed by atoms with Gasteiger partial charge in [-0.3, -0.25) is 0 Å². The molecule has 0 aromatic heterocycles. The Morgan fingerprint density at radius 3 is 1.86 bits per heavy atom. The number of nitrogens with zero attached hydrogens (tertiary/aromatic N) is 2. The molecule has 4 aromatic carbocycles. The average molecular weight is 547 g/mol. The number of aryl methyl sites for hydroxylation is 1. The predicted molar refractivity (Wildman–Crippen MR) is 182 cm³/mol. The molecule has 0 amide bonds. The van der Waals surface area contributed by atoms with Gasteiger partial charge in [0.1, 0.15) is 0 Å². The first-order chi connectivity index (χ1) is 20.6. The van der Waals surface area contributed by atoms with Crippen LogP contribution in [0.4, 0.5) is 17.1 Å². The highest BCUT2D eigenvalue weighted by atomic mass is 15.2. The van der Waals surface area contributed by atoms with Crippen LogP contribution in [0, 0.1) is 6.92 Å². The van der Waals surface area contributed by atoms with Crippen LogP contribution in [0.1, 0.15) is 25.3 Å². The van der Waals surface area contributed by atoms with Gasteiger partial charge in [-0.15, -0.1) is 0 Å². The molecule has 1 aliphatic rings. The number of hydrogen-bond acceptors (Lipinski definition) is 2. The smallest absolute Gasteiger partial charge is 0.0461 e. The molecule has 208 valence electrons. The molecule has 0 fully saturated rings. The maximum absolute atomic E-state index is 4.01. The molecule has 0 N–H and O–H groups in total. The molecule has 1 aliphatic carbocycles. The summed E-state index contributed by atoms with van der Waals surface area (Å²) in [7, 11) is 0. The second-order valence-electron chi connectivity index (χ2n) is 10.5. The van der Waals surface area contributed by atoms with E-state index in [1.807, 2.05) is 13.0 Å². The van der Waals surface area contributed by atoms with Crippen LogP contribution in [0.5, 0.6) is 0 Å². The highest BCUT2D eigenvalue weighted by molar-refractivity contribution is 5.82.